The second-order valence-corrected chi connectivity index (χ2v) is 2.64. The fraction of sp³-hybridized carbons (Fsp3) is 0.182. The Kier molecular flexibility index (Phi) is 3.71. The monoisotopic (exact) mass is 189 g/mol. The molecule has 14 heavy (non-hydrogen) atoms. The molecule has 0 aliphatic rings. The molecular weight excluding hydrogens is 178 g/mol. The van der Waals surface area contributed by atoms with Crippen molar-refractivity contribution in [2.45, 2.75) is 6.54 Å². The van der Waals surface area contributed by atoms with Crippen LogP contribution in [0.15, 0.2) is 24.3 Å². The summed E-state index contributed by atoms with van der Waals surface area (Å²) in [6.45, 7) is 0.505. The second-order valence-electron chi connectivity index (χ2n) is 2.64. The molecule has 2 N–H and O–H groups in total. The average Bonchev–Trinajstić information content (AvgIpc) is 2.26. The Balaban J connectivity index is 2.76. The molecule has 0 aromatic heterocycles. The third-order valence-electron chi connectivity index (χ3n) is 1.68. The van der Waals surface area contributed by atoms with Gasteiger partial charge in [-0.3, -0.25) is 0 Å². The number of ether oxygens (including phenoxy) is 1. The van der Waals surface area contributed by atoms with E-state index >= 15 is 0 Å². The zero-order valence-electron chi connectivity index (χ0n) is 7.91. The Bertz CT molecular complexity index is 371. The van der Waals surface area contributed by atoms with E-state index in [4.69, 9.17) is 5.73 Å². The molecule has 0 unspecified atom stereocenters. The molecule has 1 aromatic carbocycles. The SMILES string of the molecule is COC(=O)C#Cc1ccc(CN)cc1. The van der Waals surface area contributed by atoms with Crippen molar-refractivity contribution in [3.63, 3.8) is 0 Å². The molecule has 3 heteroatoms. The molecule has 72 valence electrons. The molecule has 0 aliphatic heterocycles. The molecule has 0 bridgehead atoms. The summed E-state index contributed by atoms with van der Waals surface area (Å²) in [7, 11) is 1.30. The van der Waals surface area contributed by atoms with Crippen LogP contribution in [0, 0.1) is 11.8 Å². The number of methoxy groups -OCH3 is 1. The van der Waals surface area contributed by atoms with Crippen molar-refractivity contribution in [2.24, 2.45) is 5.73 Å². The topological polar surface area (TPSA) is 52.3 Å². The van der Waals surface area contributed by atoms with Crippen LogP contribution in [-0.4, -0.2) is 13.1 Å². The van der Waals surface area contributed by atoms with Gasteiger partial charge in [0.2, 0.25) is 0 Å². The summed E-state index contributed by atoms with van der Waals surface area (Å²) in [5, 5.41) is 0. The van der Waals surface area contributed by atoms with Crippen molar-refractivity contribution < 1.29 is 9.53 Å². The summed E-state index contributed by atoms with van der Waals surface area (Å²) in [4.78, 5) is 10.7. The number of benzene rings is 1. The van der Waals surface area contributed by atoms with E-state index in [1.807, 2.05) is 24.3 Å². The number of carbonyl (C=O) groups excluding carboxylic acids is 1. The maximum atomic E-state index is 10.7. The number of nitrogens with two attached hydrogens (primary N) is 1. The summed E-state index contributed by atoms with van der Waals surface area (Å²) in [5.74, 6) is 4.49. The van der Waals surface area contributed by atoms with Gasteiger partial charge in [0.05, 0.1) is 7.11 Å². The van der Waals surface area contributed by atoms with Crippen LogP contribution < -0.4 is 5.73 Å². The molecular formula is C11H11NO2. The first kappa shape index (κ1) is 10.3. The number of carbonyl (C=O) groups is 1. The van der Waals surface area contributed by atoms with Crippen molar-refractivity contribution in [3.05, 3.63) is 35.4 Å². The molecule has 0 saturated carbocycles. The number of esters is 1. The molecule has 0 aliphatic carbocycles. The van der Waals surface area contributed by atoms with Crippen LogP contribution in [0.5, 0.6) is 0 Å². The van der Waals surface area contributed by atoms with E-state index in [0.717, 1.165) is 11.1 Å². The molecule has 3 nitrogen and oxygen atoms in total. The molecule has 0 amide bonds. The Morgan fingerprint density at radius 1 is 1.43 bits per heavy atom. The van der Waals surface area contributed by atoms with E-state index in [0.29, 0.717) is 6.54 Å². The number of rotatable bonds is 1. The predicted octanol–water partition coefficient (Wildman–Crippen LogP) is 0.670. The van der Waals surface area contributed by atoms with Crippen molar-refractivity contribution in [1.29, 1.82) is 0 Å². The van der Waals surface area contributed by atoms with Gasteiger partial charge in [0.1, 0.15) is 0 Å². The van der Waals surface area contributed by atoms with Crippen LogP contribution in [0.2, 0.25) is 0 Å². The zero-order valence-corrected chi connectivity index (χ0v) is 7.91. The fourth-order valence-electron chi connectivity index (χ4n) is 0.898. The second kappa shape index (κ2) is 5.05. The van der Waals surface area contributed by atoms with E-state index in [1.165, 1.54) is 7.11 Å². The van der Waals surface area contributed by atoms with E-state index < -0.39 is 5.97 Å². The van der Waals surface area contributed by atoms with Crippen LogP contribution >= 0.6 is 0 Å². The van der Waals surface area contributed by atoms with Gasteiger partial charge in [-0.1, -0.05) is 18.1 Å². The van der Waals surface area contributed by atoms with Gasteiger partial charge in [0.15, 0.2) is 0 Å². The van der Waals surface area contributed by atoms with Gasteiger partial charge < -0.3 is 10.5 Å². The minimum atomic E-state index is -0.534. The third-order valence-corrected chi connectivity index (χ3v) is 1.68. The lowest BCUT2D eigenvalue weighted by molar-refractivity contribution is -0.133. The van der Waals surface area contributed by atoms with E-state index in [9.17, 15) is 4.79 Å². The lowest BCUT2D eigenvalue weighted by Gasteiger charge is -1.94. The summed E-state index contributed by atoms with van der Waals surface area (Å²) < 4.78 is 4.38. The highest BCUT2D eigenvalue weighted by atomic mass is 16.5. The van der Waals surface area contributed by atoms with Crippen LogP contribution in [0.3, 0.4) is 0 Å². The molecule has 1 aromatic rings. The molecule has 0 heterocycles. The van der Waals surface area contributed by atoms with E-state index in [1.54, 1.807) is 0 Å². The summed E-state index contributed by atoms with van der Waals surface area (Å²) in [5.41, 5.74) is 7.24. The minimum absolute atomic E-state index is 0.505. The molecule has 0 radical (unpaired) electrons. The number of hydrogen-bond acceptors (Lipinski definition) is 3. The first-order chi connectivity index (χ1) is 6.76. The van der Waals surface area contributed by atoms with Crippen molar-refractivity contribution in [2.75, 3.05) is 7.11 Å². The Hall–Kier alpha value is -1.79. The predicted molar refractivity (Wildman–Crippen MR) is 53.2 cm³/mol. The Morgan fingerprint density at radius 2 is 2.07 bits per heavy atom. The molecule has 0 atom stereocenters. The summed E-state index contributed by atoms with van der Waals surface area (Å²) in [6.07, 6.45) is 0. The van der Waals surface area contributed by atoms with Crippen LogP contribution in [0.4, 0.5) is 0 Å². The summed E-state index contributed by atoms with van der Waals surface area (Å²) >= 11 is 0. The smallest absolute Gasteiger partial charge is 0.384 e. The third kappa shape index (κ3) is 2.92. The van der Waals surface area contributed by atoms with Gasteiger partial charge in [-0.25, -0.2) is 4.79 Å². The molecule has 0 saturated heterocycles. The highest BCUT2D eigenvalue weighted by Gasteiger charge is 1.91. The largest absolute Gasteiger partial charge is 0.459 e. The molecule has 1 rings (SSSR count). The van der Waals surface area contributed by atoms with Crippen molar-refractivity contribution >= 4 is 5.97 Å². The Labute approximate surface area is 82.9 Å². The van der Waals surface area contributed by atoms with E-state index in [2.05, 4.69) is 16.6 Å². The van der Waals surface area contributed by atoms with Crippen molar-refractivity contribution in [1.82, 2.24) is 0 Å². The molecule has 0 spiro atoms. The minimum Gasteiger partial charge on any atom is -0.459 e. The maximum Gasteiger partial charge on any atom is 0.384 e. The summed E-state index contributed by atoms with van der Waals surface area (Å²) in [6, 6.07) is 7.39. The van der Waals surface area contributed by atoms with Gasteiger partial charge in [-0.2, -0.15) is 0 Å². The lowest BCUT2D eigenvalue weighted by Crippen LogP contribution is -1.96. The van der Waals surface area contributed by atoms with Crippen LogP contribution in [-0.2, 0) is 16.1 Å². The maximum absolute atomic E-state index is 10.7. The van der Waals surface area contributed by atoms with Gasteiger partial charge in [0, 0.05) is 18.0 Å². The Morgan fingerprint density at radius 3 is 2.57 bits per heavy atom. The highest BCUT2D eigenvalue weighted by molar-refractivity contribution is 5.88. The lowest BCUT2D eigenvalue weighted by atomic mass is 10.1. The van der Waals surface area contributed by atoms with Gasteiger partial charge in [-0.05, 0) is 17.7 Å². The van der Waals surface area contributed by atoms with Crippen molar-refractivity contribution in [3.8, 4) is 11.8 Å². The number of hydrogen-bond donors (Lipinski definition) is 1. The van der Waals surface area contributed by atoms with Gasteiger partial charge in [-0.15, -0.1) is 0 Å². The molecule has 0 fully saturated rings. The fourth-order valence-corrected chi connectivity index (χ4v) is 0.898. The highest BCUT2D eigenvalue weighted by Crippen LogP contribution is 2.01. The van der Waals surface area contributed by atoms with Crippen LogP contribution in [0.25, 0.3) is 0 Å². The standard InChI is InChI=1S/C11H11NO2/c1-14-11(13)7-6-9-2-4-10(8-12)5-3-9/h2-5H,8,12H2,1H3. The average molecular weight is 189 g/mol. The zero-order chi connectivity index (χ0) is 10.4. The van der Waals surface area contributed by atoms with Gasteiger partial charge in [0.25, 0.3) is 0 Å². The van der Waals surface area contributed by atoms with Gasteiger partial charge >= 0.3 is 5.97 Å². The van der Waals surface area contributed by atoms with E-state index in [-0.39, 0.29) is 0 Å². The first-order valence-corrected chi connectivity index (χ1v) is 4.15. The normalized spacial score (nSPS) is 8.71. The quantitative estimate of drug-likeness (QED) is 0.522. The first-order valence-electron chi connectivity index (χ1n) is 4.15. The van der Waals surface area contributed by atoms with Crippen LogP contribution in [0.1, 0.15) is 11.1 Å².